The minimum Gasteiger partial charge on any atom is -0.493 e. The van der Waals surface area contributed by atoms with Gasteiger partial charge < -0.3 is 14.6 Å². The number of para-hydroxylation sites is 1. The van der Waals surface area contributed by atoms with Crippen LogP contribution in [0.4, 0.5) is 0 Å². The molecule has 1 N–H and O–H groups in total. The van der Waals surface area contributed by atoms with Crippen molar-refractivity contribution in [1.29, 1.82) is 0 Å². The van der Waals surface area contributed by atoms with Crippen molar-refractivity contribution in [2.24, 2.45) is 0 Å². The zero-order valence-corrected chi connectivity index (χ0v) is 21.7. The fraction of sp³-hybridized carbons (Fsp3) is 0.323. The summed E-state index contributed by atoms with van der Waals surface area (Å²) in [5, 5.41) is 1.26. The molecule has 0 saturated carbocycles. The first-order valence-corrected chi connectivity index (χ1v) is 14.2. The Labute approximate surface area is 221 Å². The highest BCUT2D eigenvalue weighted by molar-refractivity contribution is 7.12. The number of carbonyl (C=O) groups is 1. The summed E-state index contributed by atoms with van der Waals surface area (Å²) in [6.45, 7) is 4.84. The van der Waals surface area contributed by atoms with Gasteiger partial charge in [-0.3, -0.25) is 9.69 Å². The van der Waals surface area contributed by atoms with Gasteiger partial charge in [0.25, 0.3) is 0 Å². The topological polar surface area (TPSA) is 48.6 Å². The molecule has 1 fully saturated rings. The van der Waals surface area contributed by atoms with E-state index in [1.165, 1.54) is 47.3 Å². The first-order chi connectivity index (χ1) is 18.2. The van der Waals surface area contributed by atoms with Gasteiger partial charge in [0.05, 0.1) is 12.6 Å². The molecule has 0 unspecified atom stereocenters. The lowest BCUT2D eigenvalue weighted by Crippen LogP contribution is -2.39. The van der Waals surface area contributed by atoms with E-state index in [4.69, 9.17) is 4.74 Å². The van der Waals surface area contributed by atoms with Gasteiger partial charge in [0, 0.05) is 51.9 Å². The first-order valence-electron chi connectivity index (χ1n) is 13.4. The third kappa shape index (κ3) is 4.28. The Balaban J connectivity index is 1.19. The van der Waals surface area contributed by atoms with Crippen LogP contribution < -0.4 is 4.74 Å². The lowest BCUT2D eigenvalue weighted by molar-refractivity contribution is -0.128. The molecule has 0 radical (unpaired) electrons. The van der Waals surface area contributed by atoms with Crippen LogP contribution in [0.5, 0.6) is 5.75 Å². The molecule has 3 aliphatic rings. The highest BCUT2D eigenvalue weighted by Gasteiger charge is 2.34. The standard InChI is InChI=1S/C31H31N3O2S/c35-29(12-10-23-8-9-24(37-23)20-33-15-3-4-16-33)34-17-13-26-25-5-1-2-6-27(25)32-30(26)31(34)22-7-11-28-21(19-22)14-18-36-28/h1-2,5-12,19,31-32H,3-4,13-18,20H2/b12-10+/t31-/m1/s1. The Morgan fingerprint density at radius 2 is 1.95 bits per heavy atom. The number of H-pyrrole nitrogens is 1. The second-order valence-electron chi connectivity index (χ2n) is 10.3. The molecule has 5 heterocycles. The third-order valence-electron chi connectivity index (χ3n) is 8.00. The number of ether oxygens (including phenoxy) is 1. The van der Waals surface area contributed by atoms with Gasteiger partial charge in [-0.1, -0.05) is 24.3 Å². The predicted molar refractivity (Wildman–Crippen MR) is 149 cm³/mol. The molecule has 2 aromatic carbocycles. The van der Waals surface area contributed by atoms with E-state index in [0.717, 1.165) is 53.4 Å². The molecule has 1 atom stereocenters. The van der Waals surface area contributed by atoms with Crippen LogP contribution in [-0.2, 0) is 24.2 Å². The summed E-state index contributed by atoms with van der Waals surface area (Å²) in [6, 6.07) is 19.1. The molecular weight excluding hydrogens is 478 g/mol. The van der Waals surface area contributed by atoms with E-state index < -0.39 is 0 Å². The molecule has 1 saturated heterocycles. The number of nitrogens with zero attached hydrogens (tertiary/aromatic N) is 2. The largest absolute Gasteiger partial charge is 0.493 e. The van der Waals surface area contributed by atoms with Crippen molar-refractivity contribution in [2.45, 2.75) is 38.3 Å². The molecule has 1 amide bonds. The smallest absolute Gasteiger partial charge is 0.247 e. The Morgan fingerprint density at radius 3 is 2.86 bits per heavy atom. The van der Waals surface area contributed by atoms with Crippen molar-refractivity contribution in [1.82, 2.24) is 14.8 Å². The van der Waals surface area contributed by atoms with Crippen molar-refractivity contribution in [3.05, 3.63) is 92.8 Å². The number of amides is 1. The summed E-state index contributed by atoms with van der Waals surface area (Å²) in [4.78, 5) is 24.4. The highest BCUT2D eigenvalue weighted by Crippen LogP contribution is 2.40. The van der Waals surface area contributed by atoms with Gasteiger partial charge >= 0.3 is 0 Å². The molecule has 3 aliphatic heterocycles. The van der Waals surface area contributed by atoms with Gasteiger partial charge in [0.15, 0.2) is 0 Å². The van der Waals surface area contributed by atoms with Crippen LogP contribution in [-0.4, -0.2) is 46.9 Å². The number of hydrogen-bond acceptors (Lipinski definition) is 4. The Morgan fingerprint density at radius 1 is 1.05 bits per heavy atom. The molecule has 6 heteroatoms. The molecule has 7 rings (SSSR count). The molecular formula is C31H31N3O2S. The number of fused-ring (bicyclic) bond motifs is 4. The summed E-state index contributed by atoms with van der Waals surface area (Å²) >= 11 is 1.79. The quantitative estimate of drug-likeness (QED) is 0.338. The molecule has 37 heavy (non-hydrogen) atoms. The number of nitrogens with one attached hydrogen (secondary N) is 1. The Hall–Kier alpha value is -3.35. The van der Waals surface area contributed by atoms with E-state index in [9.17, 15) is 4.79 Å². The number of likely N-dealkylation sites (tertiary alicyclic amines) is 1. The van der Waals surface area contributed by atoms with E-state index in [-0.39, 0.29) is 11.9 Å². The third-order valence-corrected chi connectivity index (χ3v) is 9.03. The maximum atomic E-state index is 13.7. The number of hydrogen-bond donors (Lipinski definition) is 1. The monoisotopic (exact) mass is 509 g/mol. The number of benzene rings is 2. The van der Waals surface area contributed by atoms with Crippen molar-refractivity contribution in [2.75, 3.05) is 26.2 Å². The Kier molecular flexibility index (Phi) is 5.86. The van der Waals surface area contributed by atoms with Crippen LogP contribution in [0.15, 0.2) is 60.7 Å². The molecule has 0 bridgehead atoms. The van der Waals surface area contributed by atoms with E-state index in [0.29, 0.717) is 6.54 Å². The second kappa shape index (κ2) is 9.51. The van der Waals surface area contributed by atoms with Gasteiger partial charge in [-0.15, -0.1) is 11.3 Å². The molecule has 0 spiro atoms. The SMILES string of the molecule is O=C(/C=C/c1ccc(CN2CCCC2)s1)N1CCc2c([nH]c3ccccc23)[C@H]1c1ccc2c(c1)CCO2. The van der Waals surface area contributed by atoms with Gasteiger partial charge in [-0.2, -0.15) is 0 Å². The van der Waals surface area contributed by atoms with Gasteiger partial charge in [0.2, 0.25) is 5.91 Å². The van der Waals surface area contributed by atoms with Crippen molar-refractivity contribution in [3.63, 3.8) is 0 Å². The number of aromatic amines is 1. The number of carbonyl (C=O) groups excluding carboxylic acids is 1. The summed E-state index contributed by atoms with van der Waals surface area (Å²) in [5.74, 6) is 1.03. The summed E-state index contributed by atoms with van der Waals surface area (Å²) in [5.41, 5.74) is 5.97. The van der Waals surface area contributed by atoms with Crippen LogP contribution >= 0.6 is 11.3 Å². The van der Waals surface area contributed by atoms with Gasteiger partial charge in [-0.25, -0.2) is 0 Å². The molecule has 2 aromatic heterocycles. The number of thiophene rings is 1. The zero-order valence-electron chi connectivity index (χ0n) is 20.9. The fourth-order valence-corrected chi connectivity index (χ4v) is 7.14. The minimum absolute atomic E-state index is 0.0561. The van der Waals surface area contributed by atoms with Gasteiger partial charge in [-0.05, 0) is 85.5 Å². The summed E-state index contributed by atoms with van der Waals surface area (Å²) < 4.78 is 5.76. The van der Waals surface area contributed by atoms with Crippen LogP contribution in [0.3, 0.4) is 0 Å². The second-order valence-corrected chi connectivity index (χ2v) is 11.5. The molecule has 4 aromatic rings. The lowest BCUT2D eigenvalue weighted by Gasteiger charge is -2.36. The average molecular weight is 510 g/mol. The van der Waals surface area contributed by atoms with Crippen molar-refractivity contribution in [3.8, 4) is 5.75 Å². The summed E-state index contributed by atoms with van der Waals surface area (Å²) in [6.07, 6.45) is 8.14. The normalized spacial score (nSPS) is 19.5. The highest BCUT2D eigenvalue weighted by atomic mass is 32.1. The number of rotatable bonds is 5. The van der Waals surface area contributed by atoms with Crippen molar-refractivity contribution >= 4 is 34.2 Å². The summed E-state index contributed by atoms with van der Waals surface area (Å²) in [7, 11) is 0. The molecule has 5 nitrogen and oxygen atoms in total. The zero-order chi connectivity index (χ0) is 24.8. The maximum absolute atomic E-state index is 13.7. The average Bonchev–Trinajstić information content (AvgIpc) is 3.73. The van der Waals surface area contributed by atoms with E-state index in [2.05, 4.69) is 64.5 Å². The van der Waals surface area contributed by atoms with E-state index in [1.807, 2.05) is 11.0 Å². The lowest BCUT2D eigenvalue weighted by atomic mass is 9.91. The van der Waals surface area contributed by atoms with Crippen LogP contribution in [0.1, 0.15) is 51.0 Å². The first kappa shape index (κ1) is 22.8. The van der Waals surface area contributed by atoms with Crippen LogP contribution in [0.25, 0.3) is 17.0 Å². The number of aromatic nitrogens is 1. The predicted octanol–water partition coefficient (Wildman–Crippen LogP) is 5.95. The van der Waals surface area contributed by atoms with Crippen LogP contribution in [0.2, 0.25) is 0 Å². The minimum atomic E-state index is -0.145. The van der Waals surface area contributed by atoms with Crippen molar-refractivity contribution < 1.29 is 9.53 Å². The van der Waals surface area contributed by atoms with E-state index in [1.54, 1.807) is 17.4 Å². The van der Waals surface area contributed by atoms with E-state index >= 15 is 0 Å². The Bertz CT molecular complexity index is 1490. The maximum Gasteiger partial charge on any atom is 0.247 e. The van der Waals surface area contributed by atoms with Gasteiger partial charge in [0.1, 0.15) is 5.75 Å². The molecule has 188 valence electrons. The fourth-order valence-electron chi connectivity index (χ4n) is 6.18. The molecule has 0 aliphatic carbocycles. The van der Waals surface area contributed by atoms with Crippen LogP contribution in [0, 0.1) is 0 Å².